The molecule has 0 radical (unpaired) electrons. The maximum atomic E-state index is 10.7. The van der Waals surface area contributed by atoms with Crippen molar-refractivity contribution >= 4 is 17.3 Å². The topological polar surface area (TPSA) is 40.5 Å². The highest BCUT2D eigenvalue weighted by molar-refractivity contribution is 7.09. The zero-order chi connectivity index (χ0) is 10.1. The van der Waals surface area contributed by atoms with Crippen molar-refractivity contribution in [3.63, 3.8) is 0 Å². The van der Waals surface area contributed by atoms with Crippen LogP contribution in [0.3, 0.4) is 0 Å². The van der Waals surface area contributed by atoms with E-state index in [1.807, 2.05) is 18.5 Å². The molecule has 0 bridgehead atoms. The number of nitrogens with zero attached hydrogens (tertiary/aromatic N) is 1. The first kappa shape index (κ1) is 9.68. The number of carboxylic acid groups (broad SMARTS) is 1. The molecule has 14 heavy (non-hydrogen) atoms. The molecule has 3 nitrogen and oxygen atoms in total. The van der Waals surface area contributed by atoms with Gasteiger partial charge in [0.25, 0.3) is 0 Å². The van der Waals surface area contributed by atoms with Gasteiger partial charge in [-0.2, -0.15) is 0 Å². The quantitative estimate of drug-likeness (QED) is 0.823. The van der Waals surface area contributed by atoms with Crippen molar-refractivity contribution < 1.29 is 9.90 Å². The summed E-state index contributed by atoms with van der Waals surface area (Å²) < 4.78 is 0. The molecule has 1 aromatic rings. The highest BCUT2D eigenvalue weighted by atomic mass is 32.1. The molecule has 0 amide bonds. The molecule has 1 aromatic heterocycles. The largest absolute Gasteiger partial charge is 0.481 e. The second-order valence-corrected chi connectivity index (χ2v) is 4.77. The lowest BCUT2D eigenvalue weighted by atomic mass is 10.3. The van der Waals surface area contributed by atoms with E-state index in [-0.39, 0.29) is 12.0 Å². The lowest BCUT2D eigenvalue weighted by Gasteiger charge is -2.14. The van der Waals surface area contributed by atoms with Crippen LogP contribution in [-0.2, 0) is 11.3 Å². The Hall–Kier alpha value is -0.870. The monoisotopic (exact) mass is 211 g/mol. The molecule has 0 spiro atoms. The summed E-state index contributed by atoms with van der Waals surface area (Å²) in [7, 11) is 1.99. The van der Waals surface area contributed by atoms with Gasteiger partial charge in [-0.3, -0.25) is 9.69 Å². The Kier molecular flexibility index (Phi) is 2.56. The van der Waals surface area contributed by atoms with E-state index in [2.05, 4.69) is 11.0 Å². The van der Waals surface area contributed by atoms with Crippen LogP contribution in [0.15, 0.2) is 17.5 Å². The number of rotatable bonds is 4. The van der Waals surface area contributed by atoms with Gasteiger partial charge in [0.05, 0.1) is 5.92 Å². The van der Waals surface area contributed by atoms with Crippen LogP contribution in [0.2, 0.25) is 0 Å². The molecule has 1 aliphatic carbocycles. The van der Waals surface area contributed by atoms with Crippen LogP contribution in [0.1, 0.15) is 11.3 Å². The van der Waals surface area contributed by atoms with Gasteiger partial charge < -0.3 is 5.11 Å². The number of hydrogen-bond donors (Lipinski definition) is 1. The Morgan fingerprint density at radius 1 is 1.79 bits per heavy atom. The lowest BCUT2D eigenvalue weighted by Crippen LogP contribution is -2.23. The first-order valence-electron chi connectivity index (χ1n) is 4.64. The standard InChI is InChI=1S/C10H13NO2S/c1-11(6-7-3-2-4-14-7)9-5-8(9)10(12)13/h2-4,8-9H,5-6H2,1H3,(H,12,13). The van der Waals surface area contributed by atoms with Crippen LogP contribution in [0.4, 0.5) is 0 Å². The minimum absolute atomic E-state index is 0.139. The summed E-state index contributed by atoms with van der Waals surface area (Å²) in [6.07, 6.45) is 0.803. The molecule has 1 N–H and O–H groups in total. The maximum absolute atomic E-state index is 10.7. The first-order chi connectivity index (χ1) is 6.68. The molecule has 0 saturated heterocycles. The number of thiophene rings is 1. The summed E-state index contributed by atoms with van der Waals surface area (Å²) in [5.74, 6) is -0.798. The SMILES string of the molecule is CN(Cc1cccs1)C1CC1C(=O)O. The third-order valence-electron chi connectivity index (χ3n) is 2.63. The third-order valence-corrected chi connectivity index (χ3v) is 3.49. The van der Waals surface area contributed by atoms with E-state index in [1.54, 1.807) is 11.3 Å². The normalized spacial score (nSPS) is 25.3. The lowest BCUT2D eigenvalue weighted by molar-refractivity contribution is -0.138. The van der Waals surface area contributed by atoms with Gasteiger partial charge >= 0.3 is 5.97 Å². The van der Waals surface area contributed by atoms with Crippen LogP contribution in [0.5, 0.6) is 0 Å². The van der Waals surface area contributed by atoms with E-state index in [0.29, 0.717) is 0 Å². The molecule has 1 fully saturated rings. The van der Waals surface area contributed by atoms with Gasteiger partial charge in [0, 0.05) is 17.5 Å². The summed E-state index contributed by atoms with van der Waals surface area (Å²) in [5.41, 5.74) is 0. The minimum Gasteiger partial charge on any atom is -0.481 e. The Balaban J connectivity index is 1.86. The van der Waals surface area contributed by atoms with Crippen LogP contribution < -0.4 is 0 Å². The fourth-order valence-electron chi connectivity index (χ4n) is 1.70. The summed E-state index contributed by atoms with van der Waals surface area (Å²) in [6, 6.07) is 4.35. The Morgan fingerprint density at radius 3 is 3.07 bits per heavy atom. The van der Waals surface area contributed by atoms with Crippen molar-refractivity contribution in [3.8, 4) is 0 Å². The molecule has 0 aromatic carbocycles. The van der Waals surface area contributed by atoms with Crippen molar-refractivity contribution in [2.45, 2.75) is 19.0 Å². The van der Waals surface area contributed by atoms with Crippen LogP contribution in [0, 0.1) is 5.92 Å². The van der Waals surface area contributed by atoms with Gasteiger partial charge in [-0.1, -0.05) is 6.07 Å². The maximum Gasteiger partial charge on any atom is 0.308 e. The molecule has 4 heteroatoms. The summed E-state index contributed by atoms with van der Waals surface area (Å²) in [4.78, 5) is 14.1. The summed E-state index contributed by atoms with van der Waals surface area (Å²) in [5, 5.41) is 10.8. The molecule has 1 heterocycles. The molecule has 1 aliphatic rings. The average molecular weight is 211 g/mol. The molecule has 0 aliphatic heterocycles. The van der Waals surface area contributed by atoms with Gasteiger partial charge in [0.15, 0.2) is 0 Å². The Morgan fingerprint density at radius 2 is 2.57 bits per heavy atom. The van der Waals surface area contributed by atoms with Crippen LogP contribution in [0.25, 0.3) is 0 Å². The highest BCUT2D eigenvalue weighted by Gasteiger charge is 2.45. The Labute approximate surface area is 87.0 Å². The van der Waals surface area contributed by atoms with Crippen molar-refractivity contribution in [3.05, 3.63) is 22.4 Å². The van der Waals surface area contributed by atoms with E-state index in [1.165, 1.54) is 4.88 Å². The second kappa shape index (κ2) is 3.71. The van der Waals surface area contributed by atoms with Crippen molar-refractivity contribution in [1.82, 2.24) is 4.90 Å². The van der Waals surface area contributed by atoms with Gasteiger partial charge in [0.2, 0.25) is 0 Å². The Bertz CT molecular complexity index is 323. The number of aliphatic carboxylic acids is 1. The van der Waals surface area contributed by atoms with Crippen LogP contribution >= 0.6 is 11.3 Å². The van der Waals surface area contributed by atoms with E-state index >= 15 is 0 Å². The molecular weight excluding hydrogens is 198 g/mol. The fourth-order valence-corrected chi connectivity index (χ4v) is 2.47. The molecule has 76 valence electrons. The van der Waals surface area contributed by atoms with E-state index in [0.717, 1.165) is 13.0 Å². The fraction of sp³-hybridized carbons (Fsp3) is 0.500. The zero-order valence-corrected chi connectivity index (χ0v) is 8.83. The second-order valence-electron chi connectivity index (χ2n) is 3.74. The number of carbonyl (C=O) groups is 1. The summed E-state index contributed by atoms with van der Waals surface area (Å²) >= 11 is 1.72. The van der Waals surface area contributed by atoms with Gasteiger partial charge in [-0.25, -0.2) is 0 Å². The molecule has 2 unspecified atom stereocenters. The van der Waals surface area contributed by atoms with Crippen molar-refractivity contribution in [2.75, 3.05) is 7.05 Å². The smallest absolute Gasteiger partial charge is 0.308 e. The predicted octanol–water partition coefficient (Wildman–Crippen LogP) is 1.65. The third kappa shape index (κ3) is 1.96. The molecular formula is C10H13NO2S. The van der Waals surface area contributed by atoms with Crippen LogP contribution in [-0.4, -0.2) is 29.1 Å². The molecule has 1 saturated carbocycles. The van der Waals surface area contributed by atoms with Gasteiger partial charge in [-0.15, -0.1) is 11.3 Å². The molecule has 2 rings (SSSR count). The number of carboxylic acids is 1. The predicted molar refractivity (Wildman–Crippen MR) is 55.3 cm³/mol. The van der Waals surface area contributed by atoms with Gasteiger partial charge in [-0.05, 0) is 24.9 Å². The van der Waals surface area contributed by atoms with Crippen molar-refractivity contribution in [2.24, 2.45) is 5.92 Å². The van der Waals surface area contributed by atoms with E-state index in [9.17, 15) is 4.79 Å². The van der Waals surface area contributed by atoms with Gasteiger partial charge in [0.1, 0.15) is 0 Å². The number of hydrogen-bond acceptors (Lipinski definition) is 3. The molecule has 2 atom stereocenters. The minimum atomic E-state index is -0.659. The highest BCUT2D eigenvalue weighted by Crippen LogP contribution is 2.35. The first-order valence-corrected chi connectivity index (χ1v) is 5.52. The average Bonchev–Trinajstić information content (AvgIpc) is 2.80. The van der Waals surface area contributed by atoms with E-state index in [4.69, 9.17) is 5.11 Å². The summed E-state index contributed by atoms with van der Waals surface area (Å²) in [6.45, 7) is 0.867. The van der Waals surface area contributed by atoms with E-state index < -0.39 is 5.97 Å². The zero-order valence-electron chi connectivity index (χ0n) is 8.01. The van der Waals surface area contributed by atoms with Crippen molar-refractivity contribution in [1.29, 1.82) is 0 Å².